The Bertz CT molecular complexity index is 776. The average Bonchev–Trinajstić information content (AvgIpc) is 2.75. The third-order valence-corrected chi connectivity index (χ3v) is 5.78. The number of hydrogen-bond acceptors (Lipinski definition) is 4. The second-order valence-corrected chi connectivity index (χ2v) is 7.98. The molecule has 0 aliphatic rings. The van der Waals surface area contributed by atoms with Crippen molar-refractivity contribution in [2.45, 2.75) is 38.5 Å². The maximum atomic E-state index is 10.0. The molecular formula is C25H34N2O2. The van der Waals surface area contributed by atoms with Gasteiger partial charge in [0.25, 0.3) is 0 Å². The van der Waals surface area contributed by atoms with Crippen molar-refractivity contribution in [3.63, 3.8) is 0 Å². The molecule has 1 unspecified atom stereocenters. The molecule has 0 radical (unpaired) electrons. The maximum Gasteiger partial charge on any atom is 0.122 e. The third kappa shape index (κ3) is 5.98. The summed E-state index contributed by atoms with van der Waals surface area (Å²) in [6, 6.07) is 18.9. The first-order chi connectivity index (χ1) is 13.9. The monoisotopic (exact) mass is 394 g/mol. The number of methoxy groups -OCH3 is 2. The Morgan fingerprint density at radius 2 is 1.62 bits per heavy atom. The molecule has 0 spiro atoms. The molecule has 4 heteroatoms. The Labute approximate surface area is 176 Å². The third-order valence-electron chi connectivity index (χ3n) is 5.78. The zero-order valence-corrected chi connectivity index (χ0v) is 18.4. The van der Waals surface area contributed by atoms with Gasteiger partial charge in [0.1, 0.15) is 11.5 Å². The minimum atomic E-state index is -0.428. The van der Waals surface area contributed by atoms with Crippen LogP contribution in [0, 0.1) is 17.2 Å². The van der Waals surface area contributed by atoms with Gasteiger partial charge in [0.05, 0.1) is 25.7 Å². The van der Waals surface area contributed by atoms with Gasteiger partial charge >= 0.3 is 0 Å². The largest absolute Gasteiger partial charge is 0.497 e. The van der Waals surface area contributed by atoms with Gasteiger partial charge in [-0.2, -0.15) is 5.26 Å². The van der Waals surface area contributed by atoms with Crippen molar-refractivity contribution < 1.29 is 9.47 Å². The molecular weight excluding hydrogens is 360 g/mol. The summed E-state index contributed by atoms with van der Waals surface area (Å²) in [5.41, 5.74) is 1.90. The molecule has 0 amide bonds. The highest BCUT2D eigenvalue weighted by Crippen LogP contribution is 2.36. The zero-order valence-electron chi connectivity index (χ0n) is 18.4. The number of nitriles is 1. The summed E-state index contributed by atoms with van der Waals surface area (Å²) in [5.74, 6) is 1.91. The van der Waals surface area contributed by atoms with Crippen molar-refractivity contribution in [3.8, 4) is 17.6 Å². The lowest BCUT2D eigenvalue weighted by atomic mass is 9.70. The molecule has 0 saturated carbocycles. The van der Waals surface area contributed by atoms with Gasteiger partial charge in [-0.15, -0.1) is 0 Å². The number of rotatable bonds is 11. The van der Waals surface area contributed by atoms with Gasteiger partial charge < -0.3 is 14.4 Å². The van der Waals surface area contributed by atoms with Crippen LogP contribution in [0.1, 0.15) is 37.8 Å². The molecule has 0 fully saturated rings. The fraction of sp³-hybridized carbons (Fsp3) is 0.480. The van der Waals surface area contributed by atoms with Gasteiger partial charge in [0.15, 0.2) is 0 Å². The van der Waals surface area contributed by atoms with Gasteiger partial charge in [0, 0.05) is 12.6 Å². The lowest BCUT2D eigenvalue weighted by Gasteiger charge is -2.32. The summed E-state index contributed by atoms with van der Waals surface area (Å²) in [4.78, 5) is 2.33. The summed E-state index contributed by atoms with van der Waals surface area (Å²) in [5, 5.41) is 10.0. The van der Waals surface area contributed by atoms with Crippen LogP contribution in [0.3, 0.4) is 0 Å². The number of benzene rings is 2. The average molecular weight is 395 g/mol. The van der Waals surface area contributed by atoms with Crippen LogP contribution < -0.4 is 9.47 Å². The molecule has 0 aliphatic carbocycles. The molecule has 2 rings (SSSR count). The molecule has 0 heterocycles. The Morgan fingerprint density at radius 1 is 1.00 bits per heavy atom. The highest BCUT2D eigenvalue weighted by molar-refractivity contribution is 5.38. The van der Waals surface area contributed by atoms with E-state index in [1.807, 2.05) is 24.3 Å². The number of hydrogen-bond donors (Lipinski definition) is 0. The second kappa shape index (κ2) is 10.9. The van der Waals surface area contributed by atoms with E-state index in [0.29, 0.717) is 0 Å². The van der Waals surface area contributed by atoms with Gasteiger partial charge in [-0.3, -0.25) is 0 Å². The molecule has 0 bridgehead atoms. The van der Waals surface area contributed by atoms with Crippen LogP contribution in [-0.2, 0) is 11.8 Å². The first-order valence-corrected chi connectivity index (χ1v) is 10.3. The van der Waals surface area contributed by atoms with E-state index in [1.54, 1.807) is 14.2 Å². The summed E-state index contributed by atoms with van der Waals surface area (Å²) >= 11 is 0. The van der Waals surface area contributed by atoms with E-state index in [-0.39, 0.29) is 5.92 Å². The first-order valence-electron chi connectivity index (χ1n) is 10.3. The quantitative estimate of drug-likeness (QED) is 0.533. The standard InChI is InChI=1S/C25H34N2O2/c1-20(2)25(19-26,22-10-7-6-8-11-22)13-9-14-27(3)15-12-21-16-23(28-4)18-24(17-21)29-5/h6-8,10-11,16-18,20H,9,12-15H2,1-5H3. The van der Waals surface area contributed by atoms with E-state index < -0.39 is 5.41 Å². The first kappa shape index (κ1) is 22.8. The van der Waals surface area contributed by atoms with Gasteiger partial charge in [0.2, 0.25) is 0 Å². The summed E-state index contributed by atoms with van der Waals surface area (Å²) < 4.78 is 10.7. The normalized spacial score (nSPS) is 13.2. The lowest BCUT2D eigenvalue weighted by molar-refractivity contribution is 0.293. The predicted molar refractivity (Wildman–Crippen MR) is 119 cm³/mol. The molecule has 0 saturated heterocycles. The van der Waals surface area contributed by atoms with E-state index in [9.17, 15) is 5.26 Å². The fourth-order valence-electron chi connectivity index (χ4n) is 3.82. The van der Waals surface area contributed by atoms with Crippen LogP contribution in [0.4, 0.5) is 0 Å². The Balaban J connectivity index is 1.93. The van der Waals surface area contributed by atoms with E-state index in [0.717, 1.165) is 49.4 Å². The van der Waals surface area contributed by atoms with Crippen molar-refractivity contribution in [1.82, 2.24) is 4.90 Å². The molecule has 2 aromatic rings. The smallest absolute Gasteiger partial charge is 0.122 e. The predicted octanol–water partition coefficient (Wildman–Crippen LogP) is 5.08. The Hall–Kier alpha value is -2.51. The fourth-order valence-corrected chi connectivity index (χ4v) is 3.82. The van der Waals surface area contributed by atoms with Crippen LogP contribution in [0.2, 0.25) is 0 Å². The van der Waals surface area contributed by atoms with Gasteiger partial charge in [-0.1, -0.05) is 44.2 Å². The van der Waals surface area contributed by atoms with Crippen molar-refractivity contribution in [3.05, 3.63) is 59.7 Å². The molecule has 4 nitrogen and oxygen atoms in total. The van der Waals surface area contributed by atoms with Crippen LogP contribution >= 0.6 is 0 Å². The van der Waals surface area contributed by atoms with Crippen LogP contribution in [0.15, 0.2) is 48.5 Å². The minimum Gasteiger partial charge on any atom is -0.497 e. The highest BCUT2D eigenvalue weighted by atomic mass is 16.5. The molecule has 0 aliphatic heterocycles. The molecule has 2 aromatic carbocycles. The number of nitrogens with zero attached hydrogens (tertiary/aromatic N) is 2. The van der Waals surface area contributed by atoms with Crippen molar-refractivity contribution in [1.29, 1.82) is 5.26 Å². The lowest BCUT2D eigenvalue weighted by Crippen LogP contribution is -2.32. The molecule has 1 atom stereocenters. The van der Waals surface area contributed by atoms with Gasteiger partial charge in [-0.25, -0.2) is 0 Å². The Morgan fingerprint density at radius 3 is 2.14 bits per heavy atom. The van der Waals surface area contributed by atoms with Crippen LogP contribution in [0.5, 0.6) is 11.5 Å². The van der Waals surface area contributed by atoms with E-state index in [2.05, 4.69) is 56.1 Å². The van der Waals surface area contributed by atoms with Gasteiger partial charge in [-0.05, 0) is 62.0 Å². The Kier molecular flexibility index (Phi) is 8.54. The van der Waals surface area contributed by atoms with Crippen molar-refractivity contribution >= 4 is 0 Å². The molecule has 0 N–H and O–H groups in total. The summed E-state index contributed by atoms with van der Waals surface area (Å²) in [6.45, 7) is 6.21. The maximum absolute atomic E-state index is 10.0. The van der Waals surface area contributed by atoms with E-state index in [4.69, 9.17) is 9.47 Å². The number of likely N-dealkylation sites (N-methyl/N-ethyl adjacent to an activating group) is 1. The molecule has 0 aromatic heterocycles. The summed E-state index contributed by atoms with van der Waals surface area (Å²) in [6.07, 6.45) is 2.78. The molecule has 29 heavy (non-hydrogen) atoms. The molecule has 156 valence electrons. The van der Waals surface area contributed by atoms with Crippen LogP contribution in [0.25, 0.3) is 0 Å². The summed E-state index contributed by atoms with van der Waals surface area (Å²) in [7, 11) is 5.49. The number of ether oxygens (including phenoxy) is 2. The van der Waals surface area contributed by atoms with Crippen molar-refractivity contribution in [2.75, 3.05) is 34.4 Å². The highest BCUT2D eigenvalue weighted by Gasteiger charge is 2.35. The van der Waals surface area contributed by atoms with Crippen LogP contribution in [-0.4, -0.2) is 39.3 Å². The second-order valence-electron chi connectivity index (χ2n) is 7.98. The minimum absolute atomic E-state index is 0.268. The van der Waals surface area contributed by atoms with Crippen molar-refractivity contribution in [2.24, 2.45) is 5.92 Å². The van der Waals surface area contributed by atoms with E-state index >= 15 is 0 Å². The van der Waals surface area contributed by atoms with E-state index in [1.165, 1.54) is 5.56 Å². The zero-order chi connectivity index (χ0) is 21.3. The SMILES string of the molecule is COc1cc(CCN(C)CCCC(C#N)(c2ccccc2)C(C)C)cc(OC)c1. The topological polar surface area (TPSA) is 45.5 Å².